The van der Waals surface area contributed by atoms with E-state index < -0.39 is 11.0 Å². The van der Waals surface area contributed by atoms with E-state index in [0.29, 0.717) is 0 Å². The largest absolute Gasteiger partial charge is 0.380 e. The lowest BCUT2D eigenvalue weighted by molar-refractivity contribution is 0.474. The van der Waals surface area contributed by atoms with Gasteiger partial charge in [0.1, 0.15) is 0 Å². The summed E-state index contributed by atoms with van der Waals surface area (Å²) in [6, 6.07) is 75.8. The molecule has 0 saturated carbocycles. The monoisotopic (exact) mass is 969 g/mol. The molecule has 4 aliphatic heterocycles. The molecule has 8 aromatic carbocycles. The van der Waals surface area contributed by atoms with Crippen LogP contribution in [0.3, 0.4) is 0 Å². The molecule has 0 aromatic heterocycles. The van der Waals surface area contributed by atoms with Gasteiger partial charge in [0.25, 0.3) is 0 Å². The van der Waals surface area contributed by atoms with E-state index in [9.17, 15) is 0 Å². The summed E-state index contributed by atoms with van der Waals surface area (Å²) in [5.74, 6) is 0.466. The van der Waals surface area contributed by atoms with Gasteiger partial charge in [-0.3, -0.25) is 0 Å². The van der Waals surface area contributed by atoms with Crippen LogP contribution in [0, 0.1) is 18.8 Å². The van der Waals surface area contributed by atoms with Gasteiger partial charge in [-0.25, -0.2) is 0 Å². The van der Waals surface area contributed by atoms with Crippen molar-refractivity contribution in [1.29, 1.82) is 0 Å². The van der Waals surface area contributed by atoms with Gasteiger partial charge >= 0.3 is 6.85 Å². The Labute approximate surface area is 440 Å². The highest BCUT2D eigenvalue weighted by Gasteiger charge is 2.57. The first-order chi connectivity index (χ1) is 36.2. The Balaban J connectivity index is 1.10. The zero-order chi connectivity index (χ0) is 49.6. The molecule has 6 atom stereocenters. The highest BCUT2D eigenvalue weighted by Crippen LogP contribution is 2.63. The number of allylic oxidation sites excluding steroid dienone is 6. The van der Waals surface area contributed by atoms with Crippen molar-refractivity contribution in [2.75, 3.05) is 14.6 Å². The molecular weight excluding hydrogens is 914 g/mol. The van der Waals surface area contributed by atoms with Gasteiger partial charge < -0.3 is 14.6 Å². The van der Waals surface area contributed by atoms with Crippen molar-refractivity contribution in [3.8, 4) is 22.3 Å². The number of nitrogens with zero attached hydrogens (tertiary/aromatic N) is 3. The van der Waals surface area contributed by atoms with Gasteiger partial charge in [0.15, 0.2) is 0 Å². The van der Waals surface area contributed by atoms with Crippen LogP contribution in [0.4, 0.5) is 28.4 Å². The van der Waals surface area contributed by atoms with Crippen LogP contribution < -0.4 is 20.1 Å². The SMILES string of the molecule is Cc1cc(-c2ccccc2)ccc1N1C2=CC3c4ccccc4SC3C3=C2B2c4cc(ccc41)N(c1ccccc1)C1(C)C=CC(C)C4=C1C(C)C(=CC4(C)c1ccccc1)N2c1ccc(-c2ccccc2)cc13. The summed E-state index contributed by atoms with van der Waals surface area (Å²) in [5.41, 5.74) is 25.3. The minimum absolute atomic E-state index is 0.0568. The lowest BCUT2D eigenvalue weighted by Crippen LogP contribution is -2.61. The lowest BCUT2D eigenvalue weighted by Gasteiger charge is -2.57. The second kappa shape index (κ2) is 16.1. The third kappa shape index (κ3) is 6.11. The first-order valence-corrected chi connectivity index (χ1v) is 27.5. The molecule has 356 valence electrons. The van der Waals surface area contributed by atoms with Crippen molar-refractivity contribution in [1.82, 2.24) is 0 Å². The first-order valence-electron chi connectivity index (χ1n) is 26.6. The minimum atomic E-state index is -0.521. The van der Waals surface area contributed by atoms with Crippen LogP contribution in [0.2, 0.25) is 0 Å². The lowest BCUT2D eigenvalue weighted by atomic mass is 9.40. The van der Waals surface area contributed by atoms with E-state index in [1.807, 2.05) is 0 Å². The number of fused-ring (bicyclic) bond motifs is 10. The molecule has 0 amide bonds. The summed E-state index contributed by atoms with van der Waals surface area (Å²) in [7, 11) is 0. The van der Waals surface area contributed by atoms with Crippen molar-refractivity contribution >= 4 is 58.1 Å². The molecule has 3 aliphatic carbocycles. The maximum Gasteiger partial charge on any atom is 0.332 e. The zero-order valence-corrected chi connectivity index (χ0v) is 43.3. The van der Waals surface area contributed by atoms with Crippen LogP contribution in [0.25, 0.3) is 27.8 Å². The van der Waals surface area contributed by atoms with Crippen LogP contribution in [-0.4, -0.2) is 17.6 Å². The smallest absolute Gasteiger partial charge is 0.332 e. The molecule has 0 saturated heterocycles. The average molecular weight is 970 g/mol. The fourth-order valence-corrected chi connectivity index (χ4v) is 16.2. The van der Waals surface area contributed by atoms with Gasteiger partial charge in [0, 0.05) is 72.8 Å². The van der Waals surface area contributed by atoms with Crippen LogP contribution in [0.15, 0.2) is 257 Å². The molecule has 4 heterocycles. The van der Waals surface area contributed by atoms with Gasteiger partial charge in [-0.15, -0.1) is 11.8 Å². The highest BCUT2D eigenvalue weighted by molar-refractivity contribution is 8.00. The normalized spacial score (nSPS) is 24.5. The molecule has 4 bridgehead atoms. The van der Waals surface area contributed by atoms with E-state index in [2.05, 4.69) is 285 Å². The Morgan fingerprint density at radius 1 is 0.581 bits per heavy atom. The van der Waals surface area contributed by atoms with Gasteiger partial charge in [-0.1, -0.05) is 178 Å². The molecule has 0 spiro atoms. The number of thioether (sulfide) groups is 1. The van der Waals surface area contributed by atoms with Gasteiger partial charge in [0.05, 0.1) is 5.54 Å². The fourth-order valence-electron chi connectivity index (χ4n) is 14.7. The summed E-state index contributed by atoms with van der Waals surface area (Å²) < 4.78 is 0. The number of hydrogen-bond donors (Lipinski definition) is 0. The van der Waals surface area contributed by atoms with Crippen molar-refractivity contribution < 1.29 is 0 Å². The summed E-state index contributed by atoms with van der Waals surface area (Å²) in [4.78, 5) is 9.58. The van der Waals surface area contributed by atoms with Crippen molar-refractivity contribution in [2.24, 2.45) is 11.8 Å². The molecule has 7 aliphatic rings. The molecule has 0 fully saturated rings. The quantitative estimate of drug-likeness (QED) is 0.126. The van der Waals surface area contributed by atoms with Crippen LogP contribution in [-0.2, 0) is 5.41 Å². The van der Waals surface area contributed by atoms with E-state index in [1.165, 1.54) is 117 Å². The molecule has 0 N–H and O–H groups in total. The molecule has 3 nitrogen and oxygen atoms in total. The Morgan fingerprint density at radius 3 is 1.93 bits per heavy atom. The highest BCUT2D eigenvalue weighted by atomic mass is 32.2. The maximum atomic E-state index is 2.85. The number of benzene rings is 8. The van der Waals surface area contributed by atoms with Crippen LogP contribution >= 0.6 is 11.8 Å². The van der Waals surface area contributed by atoms with Crippen molar-refractivity contribution in [3.05, 3.63) is 275 Å². The summed E-state index contributed by atoms with van der Waals surface area (Å²) in [5, 5.41) is 0.191. The second-order valence-electron chi connectivity index (χ2n) is 22.0. The molecule has 6 unspecified atom stereocenters. The van der Waals surface area contributed by atoms with E-state index in [-0.39, 0.29) is 29.9 Å². The molecule has 15 rings (SSSR count). The third-order valence-corrected chi connectivity index (χ3v) is 19.2. The fraction of sp³-hybridized carbons (Fsp3) is 0.159. The van der Waals surface area contributed by atoms with E-state index in [4.69, 9.17) is 0 Å². The minimum Gasteiger partial charge on any atom is -0.380 e. The predicted octanol–water partition coefficient (Wildman–Crippen LogP) is 16.6. The molecular formula is C69H56BN3S. The molecule has 8 aromatic rings. The van der Waals surface area contributed by atoms with Crippen LogP contribution in [0.5, 0.6) is 0 Å². The van der Waals surface area contributed by atoms with E-state index in [0.717, 1.165) is 0 Å². The van der Waals surface area contributed by atoms with E-state index in [1.54, 1.807) is 0 Å². The Bertz CT molecular complexity index is 3820. The number of aryl methyl sites for hydroxylation is 1. The van der Waals surface area contributed by atoms with Crippen LogP contribution in [0.1, 0.15) is 55.9 Å². The average Bonchev–Trinajstić information content (AvgIpc) is 3.84. The number of rotatable bonds is 5. The topological polar surface area (TPSA) is 9.72 Å². The second-order valence-corrected chi connectivity index (χ2v) is 23.1. The molecule has 5 heteroatoms. The maximum absolute atomic E-state index is 2.85. The van der Waals surface area contributed by atoms with Crippen molar-refractivity contribution in [3.63, 3.8) is 0 Å². The van der Waals surface area contributed by atoms with Gasteiger partial charge in [0.2, 0.25) is 0 Å². The number of anilines is 5. The summed E-state index contributed by atoms with van der Waals surface area (Å²) in [6.45, 7) is 12.2. The molecule has 0 radical (unpaired) electrons. The first kappa shape index (κ1) is 43.8. The Morgan fingerprint density at radius 2 is 1.22 bits per heavy atom. The standard InChI is InChI=1S/C69H56BN3S/c1-43-36-37-69(5)65-45(3)61(42-68(4,64(43)65)50-24-14-8-15-25-50)73-58-34-31-49(47-22-12-7-13-23-47)39-55(58)63-66-60(41-54-53-28-18-19-29-62(53)74-67(54)63)71(57-33-30-48(38-44(57)2)46-20-10-6-11-21-46)59-35-32-52(40-56(59)70(66)73)72(69)51-26-16-9-17-27-51/h6-43,45,54,67H,1-5H3. The van der Waals surface area contributed by atoms with Gasteiger partial charge in [-0.05, 0) is 154 Å². The summed E-state index contributed by atoms with van der Waals surface area (Å²) in [6.07, 6.45) is 10.4. The summed E-state index contributed by atoms with van der Waals surface area (Å²) >= 11 is 2.07. The Kier molecular flexibility index (Phi) is 9.56. The number of para-hydroxylation sites is 1. The predicted molar refractivity (Wildman–Crippen MR) is 312 cm³/mol. The third-order valence-electron chi connectivity index (χ3n) is 17.8. The Hall–Kier alpha value is -7.73. The zero-order valence-electron chi connectivity index (χ0n) is 42.5. The molecule has 74 heavy (non-hydrogen) atoms. The van der Waals surface area contributed by atoms with E-state index >= 15 is 0 Å². The van der Waals surface area contributed by atoms with Gasteiger partial charge in [-0.2, -0.15) is 0 Å². The van der Waals surface area contributed by atoms with Crippen molar-refractivity contribution in [2.45, 2.75) is 61.6 Å². The number of hydrogen-bond acceptors (Lipinski definition) is 4.